The van der Waals surface area contributed by atoms with Crippen molar-refractivity contribution in [2.24, 2.45) is 11.8 Å². The predicted molar refractivity (Wildman–Crippen MR) is 70.9 cm³/mol. The lowest BCUT2D eigenvalue weighted by atomic mass is 9.81. The van der Waals surface area contributed by atoms with Gasteiger partial charge in [-0.15, -0.1) is 0 Å². The van der Waals surface area contributed by atoms with Crippen molar-refractivity contribution < 1.29 is 0 Å². The summed E-state index contributed by atoms with van der Waals surface area (Å²) in [6.45, 7) is 2.37. The smallest absolute Gasteiger partial charge is 0.107 e. The van der Waals surface area contributed by atoms with Crippen LogP contribution in [-0.2, 0) is 6.42 Å². The van der Waals surface area contributed by atoms with E-state index in [0.29, 0.717) is 0 Å². The summed E-state index contributed by atoms with van der Waals surface area (Å²) in [5.74, 6) is 2.94. The zero-order valence-electron chi connectivity index (χ0n) is 10.4. The van der Waals surface area contributed by atoms with Crippen LogP contribution in [0.3, 0.4) is 0 Å². The molecule has 0 aliphatic heterocycles. The van der Waals surface area contributed by atoms with Crippen LogP contribution >= 0.6 is 0 Å². The summed E-state index contributed by atoms with van der Waals surface area (Å²) in [6, 6.07) is 8.30. The Bertz CT molecular complexity index is 459. The van der Waals surface area contributed by atoms with Crippen molar-refractivity contribution >= 4 is 11.0 Å². The molecule has 2 nitrogen and oxygen atoms in total. The van der Waals surface area contributed by atoms with Gasteiger partial charge >= 0.3 is 0 Å². The van der Waals surface area contributed by atoms with E-state index in [1.165, 1.54) is 37.0 Å². The lowest BCUT2D eigenvalue weighted by Crippen LogP contribution is -2.14. The Labute approximate surface area is 102 Å². The van der Waals surface area contributed by atoms with E-state index in [2.05, 4.69) is 41.2 Å². The molecular formula is C15H20N2. The summed E-state index contributed by atoms with van der Waals surface area (Å²) in [6.07, 6.45) is 6.66. The summed E-state index contributed by atoms with van der Waals surface area (Å²) >= 11 is 0. The van der Waals surface area contributed by atoms with Crippen molar-refractivity contribution in [3.8, 4) is 0 Å². The van der Waals surface area contributed by atoms with E-state index >= 15 is 0 Å². The second kappa shape index (κ2) is 4.52. The highest BCUT2D eigenvalue weighted by atomic mass is 14.9. The molecular weight excluding hydrogens is 208 g/mol. The van der Waals surface area contributed by atoms with E-state index in [9.17, 15) is 0 Å². The number of rotatable bonds is 2. The van der Waals surface area contributed by atoms with Gasteiger partial charge < -0.3 is 4.98 Å². The molecule has 3 rings (SSSR count). The van der Waals surface area contributed by atoms with Gasteiger partial charge in [-0.1, -0.05) is 31.9 Å². The molecule has 2 aromatic rings. The minimum absolute atomic E-state index is 0.840. The second-order valence-corrected chi connectivity index (χ2v) is 5.53. The highest BCUT2D eigenvalue weighted by molar-refractivity contribution is 5.74. The van der Waals surface area contributed by atoms with Gasteiger partial charge in [-0.05, 0) is 36.8 Å². The molecule has 1 heterocycles. The zero-order chi connectivity index (χ0) is 11.7. The summed E-state index contributed by atoms with van der Waals surface area (Å²) < 4.78 is 0. The molecule has 1 aliphatic rings. The van der Waals surface area contributed by atoms with Gasteiger partial charge in [0, 0.05) is 6.42 Å². The van der Waals surface area contributed by atoms with Crippen LogP contribution in [0.25, 0.3) is 11.0 Å². The number of aromatic nitrogens is 2. The van der Waals surface area contributed by atoms with E-state index < -0.39 is 0 Å². The highest BCUT2D eigenvalue weighted by Crippen LogP contribution is 2.30. The fourth-order valence-corrected chi connectivity index (χ4v) is 2.91. The van der Waals surface area contributed by atoms with E-state index in [0.717, 1.165) is 23.8 Å². The molecule has 0 radical (unpaired) electrons. The molecule has 0 spiro atoms. The minimum Gasteiger partial charge on any atom is -0.342 e. The van der Waals surface area contributed by atoms with Crippen molar-refractivity contribution in [1.29, 1.82) is 0 Å². The third-order valence-corrected chi connectivity index (χ3v) is 4.06. The van der Waals surface area contributed by atoms with Gasteiger partial charge in [0.25, 0.3) is 0 Å². The number of nitrogens with one attached hydrogen (secondary N) is 1. The monoisotopic (exact) mass is 228 g/mol. The van der Waals surface area contributed by atoms with Crippen LogP contribution in [0, 0.1) is 11.8 Å². The van der Waals surface area contributed by atoms with Crippen molar-refractivity contribution in [1.82, 2.24) is 9.97 Å². The molecule has 1 N–H and O–H groups in total. The molecule has 0 bridgehead atoms. The van der Waals surface area contributed by atoms with Crippen LogP contribution < -0.4 is 0 Å². The van der Waals surface area contributed by atoms with E-state index in [-0.39, 0.29) is 0 Å². The average molecular weight is 228 g/mol. The SMILES string of the molecule is CC1CCC(Cc2nc3ccccc3[nH]2)CC1. The molecule has 90 valence electrons. The quantitative estimate of drug-likeness (QED) is 0.829. The van der Waals surface area contributed by atoms with Gasteiger partial charge in [0.2, 0.25) is 0 Å². The maximum Gasteiger partial charge on any atom is 0.107 e. The average Bonchev–Trinajstić information content (AvgIpc) is 2.74. The van der Waals surface area contributed by atoms with Crippen molar-refractivity contribution in [2.45, 2.75) is 39.0 Å². The van der Waals surface area contributed by atoms with Crippen molar-refractivity contribution in [2.75, 3.05) is 0 Å². The second-order valence-electron chi connectivity index (χ2n) is 5.53. The normalized spacial score (nSPS) is 25.2. The Kier molecular flexibility index (Phi) is 2.87. The van der Waals surface area contributed by atoms with Crippen LogP contribution in [-0.4, -0.2) is 9.97 Å². The molecule has 0 atom stereocenters. The van der Waals surface area contributed by atoms with E-state index in [1.54, 1.807) is 0 Å². The largest absolute Gasteiger partial charge is 0.342 e. The first kappa shape index (κ1) is 10.8. The van der Waals surface area contributed by atoms with Crippen LogP contribution in [0.4, 0.5) is 0 Å². The maximum absolute atomic E-state index is 4.67. The first-order valence-electron chi connectivity index (χ1n) is 6.75. The Morgan fingerprint density at radius 1 is 1.18 bits per heavy atom. The van der Waals surface area contributed by atoms with Crippen LogP contribution in [0.2, 0.25) is 0 Å². The van der Waals surface area contributed by atoms with Crippen molar-refractivity contribution in [3.63, 3.8) is 0 Å². The first-order chi connectivity index (χ1) is 8.31. The number of hydrogen-bond acceptors (Lipinski definition) is 1. The molecule has 1 saturated carbocycles. The highest BCUT2D eigenvalue weighted by Gasteiger charge is 2.19. The van der Waals surface area contributed by atoms with Crippen LogP contribution in [0.1, 0.15) is 38.4 Å². The Hall–Kier alpha value is -1.31. The molecule has 0 amide bonds. The predicted octanol–water partition coefficient (Wildman–Crippen LogP) is 3.93. The molecule has 0 saturated heterocycles. The summed E-state index contributed by atoms with van der Waals surface area (Å²) in [7, 11) is 0. The fraction of sp³-hybridized carbons (Fsp3) is 0.533. The summed E-state index contributed by atoms with van der Waals surface area (Å²) in [5.41, 5.74) is 2.28. The lowest BCUT2D eigenvalue weighted by molar-refractivity contribution is 0.286. The molecule has 1 aromatic heterocycles. The molecule has 1 aromatic carbocycles. The number of nitrogens with zero attached hydrogens (tertiary/aromatic N) is 1. The van der Waals surface area contributed by atoms with Gasteiger partial charge in [0.05, 0.1) is 11.0 Å². The lowest BCUT2D eigenvalue weighted by Gasteiger charge is -2.25. The Balaban J connectivity index is 1.72. The van der Waals surface area contributed by atoms with Gasteiger partial charge in [-0.25, -0.2) is 4.98 Å². The zero-order valence-corrected chi connectivity index (χ0v) is 10.4. The van der Waals surface area contributed by atoms with Gasteiger partial charge in [0.15, 0.2) is 0 Å². The Morgan fingerprint density at radius 3 is 2.71 bits per heavy atom. The van der Waals surface area contributed by atoms with E-state index in [1.807, 2.05) is 0 Å². The standard InChI is InChI=1S/C15H20N2/c1-11-6-8-12(9-7-11)10-15-16-13-4-2-3-5-14(13)17-15/h2-5,11-12H,6-10H2,1H3,(H,16,17). The Morgan fingerprint density at radius 2 is 1.94 bits per heavy atom. The third kappa shape index (κ3) is 2.36. The summed E-state index contributed by atoms with van der Waals surface area (Å²) in [4.78, 5) is 8.11. The van der Waals surface area contributed by atoms with Crippen LogP contribution in [0.5, 0.6) is 0 Å². The van der Waals surface area contributed by atoms with Crippen LogP contribution in [0.15, 0.2) is 24.3 Å². The molecule has 17 heavy (non-hydrogen) atoms. The number of fused-ring (bicyclic) bond motifs is 1. The molecule has 1 aliphatic carbocycles. The molecule has 0 unspecified atom stereocenters. The number of aromatic amines is 1. The van der Waals surface area contributed by atoms with Gasteiger partial charge in [-0.2, -0.15) is 0 Å². The number of imidazole rings is 1. The third-order valence-electron chi connectivity index (χ3n) is 4.06. The maximum atomic E-state index is 4.67. The number of para-hydroxylation sites is 2. The molecule has 1 fully saturated rings. The van der Waals surface area contributed by atoms with Gasteiger partial charge in [-0.3, -0.25) is 0 Å². The fourth-order valence-electron chi connectivity index (χ4n) is 2.91. The first-order valence-corrected chi connectivity index (χ1v) is 6.75. The number of hydrogen-bond donors (Lipinski definition) is 1. The van der Waals surface area contributed by atoms with Gasteiger partial charge in [0.1, 0.15) is 5.82 Å². The minimum atomic E-state index is 0.840. The molecule has 2 heteroatoms. The number of H-pyrrole nitrogens is 1. The topological polar surface area (TPSA) is 28.7 Å². The van der Waals surface area contributed by atoms with Crippen molar-refractivity contribution in [3.05, 3.63) is 30.1 Å². The number of benzene rings is 1. The summed E-state index contributed by atoms with van der Waals surface area (Å²) in [5, 5.41) is 0. The van der Waals surface area contributed by atoms with E-state index in [4.69, 9.17) is 0 Å².